The summed E-state index contributed by atoms with van der Waals surface area (Å²) in [4.78, 5) is 2.28. The summed E-state index contributed by atoms with van der Waals surface area (Å²) in [5, 5.41) is 0. The number of halogens is 1. The first-order chi connectivity index (χ1) is 10.0. The van der Waals surface area contributed by atoms with Gasteiger partial charge in [0.05, 0.1) is 0 Å². The third kappa shape index (κ3) is 3.83. The van der Waals surface area contributed by atoms with E-state index in [1.165, 1.54) is 25.7 Å². The molecule has 1 aliphatic carbocycles. The van der Waals surface area contributed by atoms with Gasteiger partial charge in [-0.2, -0.15) is 0 Å². The fourth-order valence-electron chi connectivity index (χ4n) is 3.84. The van der Waals surface area contributed by atoms with Crippen molar-refractivity contribution in [3.05, 3.63) is 35.6 Å². The molecule has 1 aromatic rings. The van der Waals surface area contributed by atoms with Crippen LogP contribution in [0.25, 0.3) is 0 Å². The van der Waals surface area contributed by atoms with Crippen molar-refractivity contribution >= 4 is 0 Å². The molecule has 0 aromatic heterocycles. The van der Waals surface area contributed by atoms with Crippen LogP contribution in [0.15, 0.2) is 24.3 Å². The number of hydrogen-bond donors (Lipinski definition) is 1. The van der Waals surface area contributed by atoms with Crippen LogP contribution in [0, 0.1) is 17.7 Å². The fourth-order valence-corrected chi connectivity index (χ4v) is 3.84. The Morgan fingerprint density at radius 2 is 2.05 bits per heavy atom. The van der Waals surface area contributed by atoms with E-state index in [1.54, 1.807) is 12.1 Å². The Morgan fingerprint density at radius 1 is 1.33 bits per heavy atom. The molecule has 0 heterocycles. The number of rotatable bonds is 5. The molecule has 0 bridgehead atoms. The third-order valence-corrected chi connectivity index (χ3v) is 5.25. The molecule has 4 unspecified atom stereocenters. The molecule has 1 aromatic carbocycles. The van der Waals surface area contributed by atoms with Crippen molar-refractivity contribution in [1.29, 1.82) is 0 Å². The van der Waals surface area contributed by atoms with Gasteiger partial charge >= 0.3 is 0 Å². The van der Waals surface area contributed by atoms with Crippen LogP contribution in [-0.4, -0.2) is 24.5 Å². The van der Waals surface area contributed by atoms with Gasteiger partial charge in [0.1, 0.15) is 5.82 Å². The zero-order valence-electron chi connectivity index (χ0n) is 13.6. The Labute approximate surface area is 128 Å². The van der Waals surface area contributed by atoms with Crippen molar-refractivity contribution < 1.29 is 4.39 Å². The lowest BCUT2D eigenvalue weighted by Crippen LogP contribution is -2.46. The molecule has 0 spiro atoms. The van der Waals surface area contributed by atoms with E-state index in [-0.39, 0.29) is 11.9 Å². The summed E-state index contributed by atoms with van der Waals surface area (Å²) in [6, 6.07) is 7.46. The molecule has 1 saturated carbocycles. The summed E-state index contributed by atoms with van der Waals surface area (Å²) >= 11 is 0. The quantitative estimate of drug-likeness (QED) is 0.889. The molecule has 0 radical (unpaired) electrons. The van der Waals surface area contributed by atoms with E-state index < -0.39 is 0 Å². The number of hydrogen-bond acceptors (Lipinski definition) is 2. The van der Waals surface area contributed by atoms with Gasteiger partial charge in [-0.3, -0.25) is 4.90 Å². The first-order valence-corrected chi connectivity index (χ1v) is 8.21. The minimum Gasteiger partial charge on any atom is -0.329 e. The van der Waals surface area contributed by atoms with Crippen LogP contribution >= 0.6 is 0 Å². The van der Waals surface area contributed by atoms with Crippen LogP contribution in [0.4, 0.5) is 4.39 Å². The molecule has 0 aliphatic heterocycles. The molecular weight excluding hydrogens is 263 g/mol. The Balaban J connectivity index is 2.12. The minimum atomic E-state index is -0.121. The van der Waals surface area contributed by atoms with Crippen LogP contribution in [0.2, 0.25) is 0 Å². The largest absolute Gasteiger partial charge is 0.329 e. The van der Waals surface area contributed by atoms with Crippen molar-refractivity contribution in [2.24, 2.45) is 17.6 Å². The first-order valence-electron chi connectivity index (χ1n) is 8.21. The van der Waals surface area contributed by atoms with Gasteiger partial charge in [-0.05, 0) is 44.7 Å². The molecule has 118 valence electrons. The second-order valence-corrected chi connectivity index (χ2v) is 6.70. The average molecular weight is 292 g/mol. The van der Waals surface area contributed by atoms with Crippen LogP contribution in [0.5, 0.6) is 0 Å². The Bertz CT molecular complexity index is 449. The highest BCUT2D eigenvalue weighted by molar-refractivity contribution is 5.20. The summed E-state index contributed by atoms with van der Waals surface area (Å²) < 4.78 is 14.0. The number of nitrogens with zero attached hydrogens (tertiary/aromatic N) is 1. The van der Waals surface area contributed by atoms with Gasteiger partial charge in [0, 0.05) is 24.2 Å². The van der Waals surface area contributed by atoms with E-state index in [1.807, 2.05) is 12.1 Å². The summed E-state index contributed by atoms with van der Waals surface area (Å²) in [6.45, 7) is 5.06. The fraction of sp³-hybridized carbons (Fsp3) is 0.667. The zero-order chi connectivity index (χ0) is 15.4. The highest BCUT2D eigenvalue weighted by Crippen LogP contribution is 2.34. The van der Waals surface area contributed by atoms with Gasteiger partial charge in [0.2, 0.25) is 0 Å². The van der Waals surface area contributed by atoms with Gasteiger partial charge < -0.3 is 5.73 Å². The SMILES string of the molecule is CC1CCCC(C(CN)N(C)C(C)c2ccccc2F)C1. The van der Waals surface area contributed by atoms with E-state index in [9.17, 15) is 4.39 Å². The topological polar surface area (TPSA) is 29.3 Å². The molecule has 1 fully saturated rings. The van der Waals surface area contributed by atoms with E-state index >= 15 is 0 Å². The molecule has 2 N–H and O–H groups in total. The van der Waals surface area contributed by atoms with Gasteiger partial charge in [-0.25, -0.2) is 4.39 Å². The van der Waals surface area contributed by atoms with Gasteiger partial charge in [0.25, 0.3) is 0 Å². The van der Waals surface area contributed by atoms with E-state index in [0.29, 0.717) is 18.5 Å². The monoisotopic (exact) mass is 292 g/mol. The lowest BCUT2D eigenvalue weighted by molar-refractivity contribution is 0.0989. The van der Waals surface area contributed by atoms with Gasteiger partial charge in [0.15, 0.2) is 0 Å². The molecule has 0 amide bonds. The Hall–Kier alpha value is -0.930. The minimum absolute atomic E-state index is 0.0528. The Kier molecular flexibility index (Phi) is 5.77. The first kappa shape index (κ1) is 16.4. The van der Waals surface area contributed by atoms with Crippen molar-refractivity contribution in [3.8, 4) is 0 Å². The van der Waals surface area contributed by atoms with Crippen molar-refractivity contribution in [2.75, 3.05) is 13.6 Å². The molecule has 21 heavy (non-hydrogen) atoms. The molecule has 4 atom stereocenters. The third-order valence-electron chi connectivity index (χ3n) is 5.25. The van der Waals surface area contributed by atoms with Crippen molar-refractivity contribution in [3.63, 3.8) is 0 Å². The lowest BCUT2D eigenvalue weighted by atomic mass is 9.78. The van der Waals surface area contributed by atoms with E-state index in [0.717, 1.165) is 11.5 Å². The summed E-state index contributed by atoms with van der Waals surface area (Å²) in [7, 11) is 2.09. The van der Waals surface area contributed by atoms with E-state index in [4.69, 9.17) is 5.73 Å². The second-order valence-electron chi connectivity index (χ2n) is 6.70. The molecule has 2 rings (SSSR count). The predicted molar refractivity (Wildman–Crippen MR) is 86.5 cm³/mol. The van der Waals surface area contributed by atoms with E-state index in [2.05, 4.69) is 25.8 Å². The standard InChI is InChI=1S/C18H29FN2/c1-13-7-6-8-15(11-13)18(12-20)21(3)14(2)16-9-4-5-10-17(16)19/h4-5,9-10,13-15,18H,6-8,11-12,20H2,1-3H3. The van der Waals surface area contributed by atoms with Crippen LogP contribution in [0.1, 0.15) is 51.1 Å². The normalized spacial score (nSPS) is 25.8. The van der Waals surface area contributed by atoms with Crippen molar-refractivity contribution in [2.45, 2.75) is 51.6 Å². The second kappa shape index (κ2) is 7.37. The molecule has 2 nitrogen and oxygen atoms in total. The smallest absolute Gasteiger partial charge is 0.127 e. The van der Waals surface area contributed by atoms with Crippen molar-refractivity contribution in [1.82, 2.24) is 4.90 Å². The average Bonchev–Trinajstić information content (AvgIpc) is 2.48. The molecule has 0 saturated heterocycles. The summed E-state index contributed by atoms with van der Waals surface area (Å²) in [6.07, 6.45) is 5.13. The maximum Gasteiger partial charge on any atom is 0.127 e. The summed E-state index contributed by atoms with van der Waals surface area (Å²) in [5.74, 6) is 1.30. The maximum absolute atomic E-state index is 14.0. The maximum atomic E-state index is 14.0. The zero-order valence-corrected chi connectivity index (χ0v) is 13.6. The molecule has 3 heteroatoms. The molecular formula is C18H29FN2. The highest BCUT2D eigenvalue weighted by atomic mass is 19.1. The molecule has 1 aliphatic rings. The van der Waals surface area contributed by atoms with Gasteiger partial charge in [-0.1, -0.05) is 38.0 Å². The van der Waals surface area contributed by atoms with Crippen LogP contribution < -0.4 is 5.73 Å². The summed E-state index contributed by atoms with van der Waals surface area (Å²) in [5.41, 5.74) is 6.83. The number of benzene rings is 1. The van der Waals surface area contributed by atoms with Crippen LogP contribution in [-0.2, 0) is 0 Å². The number of likely N-dealkylation sites (N-methyl/N-ethyl adjacent to an activating group) is 1. The van der Waals surface area contributed by atoms with Crippen LogP contribution in [0.3, 0.4) is 0 Å². The highest BCUT2D eigenvalue weighted by Gasteiger charge is 2.31. The Morgan fingerprint density at radius 3 is 2.67 bits per heavy atom. The van der Waals surface area contributed by atoms with Gasteiger partial charge in [-0.15, -0.1) is 0 Å². The number of nitrogens with two attached hydrogens (primary N) is 1. The lowest BCUT2D eigenvalue weighted by Gasteiger charge is -2.40. The predicted octanol–water partition coefficient (Wildman–Crippen LogP) is 3.97.